The van der Waals surface area contributed by atoms with E-state index in [9.17, 15) is 4.79 Å². The number of nitrogens with one attached hydrogen (secondary N) is 2. The van der Waals surface area contributed by atoms with Crippen molar-refractivity contribution in [3.05, 3.63) is 102 Å². The minimum absolute atomic E-state index is 0.227. The summed E-state index contributed by atoms with van der Waals surface area (Å²) in [6, 6.07) is 26.7. The Labute approximate surface area is 176 Å². The Morgan fingerprint density at radius 1 is 0.897 bits per heavy atom. The maximum atomic E-state index is 12.8. The minimum atomic E-state index is -0.592. The highest BCUT2D eigenvalue weighted by atomic mass is 32.1. The van der Waals surface area contributed by atoms with Gasteiger partial charge in [-0.15, -0.1) is 0 Å². The van der Waals surface area contributed by atoms with Crippen molar-refractivity contribution in [3.63, 3.8) is 0 Å². The van der Waals surface area contributed by atoms with Crippen molar-refractivity contribution in [2.24, 2.45) is 0 Å². The van der Waals surface area contributed by atoms with E-state index in [0.717, 1.165) is 22.4 Å². The second-order valence-corrected chi connectivity index (χ2v) is 7.16. The third-order valence-corrected chi connectivity index (χ3v) is 4.71. The number of carbonyl (C=O) groups is 1. The third kappa shape index (κ3) is 6.43. The minimum Gasteiger partial charge on any atom is -0.459 e. The van der Waals surface area contributed by atoms with Gasteiger partial charge < -0.3 is 15.4 Å². The zero-order chi connectivity index (χ0) is 20.5. The topological polar surface area (TPSA) is 50.4 Å². The summed E-state index contributed by atoms with van der Waals surface area (Å²) < 4.78 is 5.55. The Morgan fingerprint density at radius 3 is 2.14 bits per heavy atom. The van der Waals surface area contributed by atoms with Crippen LogP contribution in [0, 0.1) is 6.92 Å². The Balaban J connectivity index is 1.67. The smallest absolute Gasteiger partial charge is 0.329 e. The average Bonchev–Trinajstić information content (AvgIpc) is 2.75. The number of rotatable bonds is 7. The van der Waals surface area contributed by atoms with E-state index in [1.165, 1.54) is 0 Å². The number of benzene rings is 3. The molecule has 0 aliphatic rings. The van der Waals surface area contributed by atoms with Gasteiger partial charge in [0.15, 0.2) is 5.11 Å². The molecular formula is C24H24N2O2S. The van der Waals surface area contributed by atoms with E-state index >= 15 is 0 Å². The highest BCUT2D eigenvalue weighted by Gasteiger charge is 2.22. The number of carbonyl (C=O) groups excluding carboxylic acids is 1. The zero-order valence-electron chi connectivity index (χ0n) is 16.3. The first-order chi connectivity index (χ1) is 14.1. The summed E-state index contributed by atoms with van der Waals surface area (Å²) in [7, 11) is 0. The van der Waals surface area contributed by atoms with Crippen LogP contribution in [-0.4, -0.2) is 17.1 Å². The van der Waals surface area contributed by atoms with Crippen molar-refractivity contribution in [2.75, 3.05) is 5.32 Å². The van der Waals surface area contributed by atoms with Gasteiger partial charge in [-0.05, 0) is 41.9 Å². The van der Waals surface area contributed by atoms with Crippen molar-refractivity contribution < 1.29 is 9.53 Å². The monoisotopic (exact) mass is 404 g/mol. The molecule has 0 aromatic heterocycles. The first-order valence-corrected chi connectivity index (χ1v) is 9.90. The molecule has 3 aromatic rings. The number of anilines is 1. The molecule has 0 aliphatic heterocycles. The van der Waals surface area contributed by atoms with E-state index in [-0.39, 0.29) is 12.6 Å². The summed E-state index contributed by atoms with van der Waals surface area (Å²) >= 11 is 5.46. The number of thiocarbonyl (C=S) groups is 1. The van der Waals surface area contributed by atoms with Gasteiger partial charge in [-0.3, -0.25) is 0 Å². The van der Waals surface area contributed by atoms with Crippen LogP contribution < -0.4 is 10.6 Å². The summed E-state index contributed by atoms with van der Waals surface area (Å²) in [5.41, 5.74) is 3.95. The largest absolute Gasteiger partial charge is 0.459 e. The molecule has 2 N–H and O–H groups in total. The lowest BCUT2D eigenvalue weighted by molar-refractivity contribution is -0.147. The molecule has 0 fully saturated rings. The first-order valence-electron chi connectivity index (χ1n) is 9.49. The second kappa shape index (κ2) is 10.4. The number of esters is 1. The van der Waals surface area contributed by atoms with Crippen LogP contribution in [0.4, 0.5) is 5.69 Å². The van der Waals surface area contributed by atoms with Gasteiger partial charge in [-0.1, -0.05) is 78.9 Å². The van der Waals surface area contributed by atoms with Gasteiger partial charge in [-0.2, -0.15) is 0 Å². The average molecular weight is 405 g/mol. The van der Waals surface area contributed by atoms with E-state index in [0.29, 0.717) is 11.5 Å². The summed E-state index contributed by atoms with van der Waals surface area (Å²) in [6.07, 6.45) is 0.476. The van der Waals surface area contributed by atoms with Crippen LogP contribution in [0.15, 0.2) is 84.9 Å². The number of para-hydroxylation sites is 1. The van der Waals surface area contributed by atoms with Crippen molar-refractivity contribution in [1.82, 2.24) is 5.32 Å². The predicted molar refractivity (Wildman–Crippen MR) is 121 cm³/mol. The quantitative estimate of drug-likeness (QED) is 0.444. The number of aryl methyl sites for hydroxylation is 1. The predicted octanol–water partition coefficient (Wildman–Crippen LogP) is 4.64. The fourth-order valence-electron chi connectivity index (χ4n) is 2.90. The third-order valence-electron chi connectivity index (χ3n) is 4.49. The molecule has 4 nitrogen and oxygen atoms in total. The van der Waals surface area contributed by atoms with Gasteiger partial charge in [0.25, 0.3) is 0 Å². The second-order valence-electron chi connectivity index (χ2n) is 6.75. The summed E-state index contributed by atoms with van der Waals surface area (Å²) in [5, 5.41) is 6.68. The standard InChI is InChI=1S/C24H24N2O2S/c1-18-10-8-9-15-21(18)25-24(29)26-22(16-19-11-4-2-5-12-19)23(27)28-17-20-13-6-3-7-14-20/h2-15,22H,16-17H2,1H3,(H2,25,26,29)/t22-/m0/s1. The highest BCUT2D eigenvalue weighted by Crippen LogP contribution is 2.13. The molecule has 3 aromatic carbocycles. The normalized spacial score (nSPS) is 11.3. The molecule has 0 saturated carbocycles. The Morgan fingerprint density at radius 2 is 1.48 bits per heavy atom. The molecule has 148 valence electrons. The molecule has 1 atom stereocenters. The van der Waals surface area contributed by atoms with Crippen molar-refractivity contribution in [1.29, 1.82) is 0 Å². The highest BCUT2D eigenvalue weighted by molar-refractivity contribution is 7.80. The van der Waals surface area contributed by atoms with Gasteiger partial charge in [0.05, 0.1) is 0 Å². The fourth-order valence-corrected chi connectivity index (χ4v) is 3.15. The molecule has 0 saturated heterocycles. The first kappa shape index (κ1) is 20.6. The molecule has 0 aliphatic carbocycles. The maximum Gasteiger partial charge on any atom is 0.329 e. The number of ether oxygens (including phenoxy) is 1. The number of hydrogen-bond acceptors (Lipinski definition) is 3. The zero-order valence-corrected chi connectivity index (χ0v) is 17.1. The van der Waals surface area contributed by atoms with Crippen LogP contribution in [0.1, 0.15) is 16.7 Å². The van der Waals surface area contributed by atoms with Crippen LogP contribution in [0.25, 0.3) is 0 Å². The van der Waals surface area contributed by atoms with Gasteiger partial charge in [-0.25, -0.2) is 4.79 Å². The molecule has 0 amide bonds. The lowest BCUT2D eigenvalue weighted by Crippen LogP contribution is -2.45. The summed E-state index contributed by atoms with van der Waals surface area (Å²) in [6.45, 7) is 2.23. The van der Waals surface area contributed by atoms with Crippen LogP contribution in [0.3, 0.4) is 0 Å². The van der Waals surface area contributed by atoms with Crippen LogP contribution in [0.5, 0.6) is 0 Å². The van der Waals surface area contributed by atoms with E-state index < -0.39 is 6.04 Å². The molecule has 0 bridgehead atoms. The Kier molecular flexibility index (Phi) is 7.36. The van der Waals surface area contributed by atoms with Gasteiger partial charge in [0, 0.05) is 12.1 Å². The van der Waals surface area contributed by atoms with Crippen LogP contribution >= 0.6 is 12.2 Å². The molecule has 0 unspecified atom stereocenters. The molecule has 0 spiro atoms. The van der Waals surface area contributed by atoms with E-state index in [1.807, 2.05) is 91.9 Å². The van der Waals surface area contributed by atoms with E-state index in [4.69, 9.17) is 17.0 Å². The lowest BCUT2D eigenvalue weighted by atomic mass is 10.1. The molecule has 29 heavy (non-hydrogen) atoms. The summed E-state index contributed by atoms with van der Waals surface area (Å²) in [4.78, 5) is 12.8. The van der Waals surface area contributed by atoms with Crippen LogP contribution in [0.2, 0.25) is 0 Å². The van der Waals surface area contributed by atoms with Crippen LogP contribution in [-0.2, 0) is 22.6 Å². The molecular weight excluding hydrogens is 380 g/mol. The van der Waals surface area contributed by atoms with Crippen molar-refractivity contribution in [3.8, 4) is 0 Å². The van der Waals surface area contributed by atoms with E-state index in [2.05, 4.69) is 10.6 Å². The fraction of sp³-hybridized carbons (Fsp3) is 0.167. The molecule has 0 radical (unpaired) electrons. The Bertz CT molecular complexity index is 945. The molecule has 3 rings (SSSR count). The van der Waals surface area contributed by atoms with Gasteiger partial charge in [0.1, 0.15) is 12.6 Å². The van der Waals surface area contributed by atoms with E-state index in [1.54, 1.807) is 0 Å². The SMILES string of the molecule is Cc1ccccc1NC(=S)N[C@@H](Cc1ccccc1)C(=O)OCc1ccccc1. The molecule has 5 heteroatoms. The molecule has 0 heterocycles. The maximum absolute atomic E-state index is 12.8. The van der Waals surface area contributed by atoms with Crippen molar-refractivity contribution in [2.45, 2.75) is 26.0 Å². The van der Waals surface area contributed by atoms with Gasteiger partial charge >= 0.3 is 5.97 Å². The van der Waals surface area contributed by atoms with Gasteiger partial charge in [0.2, 0.25) is 0 Å². The number of hydrogen-bond donors (Lipinski definition) is 2. The summed E-state index contributed by atoms with van der Waals surface area (Å²) in [5.74, 6) is -0.341. The van der Waals surface area contributed by atoms with Crippen molar-refractivity contribution >= 4 is 29.0 Å². The Hall–Kier alpha value is -3.18. The lowest BCUT2D eigenvalue weighted by Gasteiger charge is -2.20.